The van der Waals surface area contributed by atoms with Crippen LogP contribution in [0, 0.1) is 3.57 Å². The number of rotatable bonds is 2. The molecule has 2 aliphatic rings. The molecule has 0 spiro atoms. The van der Waals surface area contributed by atoms with Gasteiger partial charge in [0.1, 0.15) is 16.9 Å². The van der Waals surface area contributed by atoms with Crippen LogP contribution < -0.4 is 10.6 Å². The molecule has 0 fully saturated rings. The number of nitrogens with zero attached hydrogens (tertiary/aromatic N) is 1. The topological polar surface area (TPSA) is 90.9 Å². The number of anilines is 1. The maximum atomic E-state index is 12.8. The summed E-state index contributed by atoms with van der Waals surface area (Å²) in [6.07, 6.45) is -0.0412. The third kappa shape index (κ3) is 3.33. The predicted molar refractivity (Wildman–Crippen MR) is 110 cm³/mol. The van der Waals surface area contributed by atoms with Crippen molar-refractivity contribution in [3.8, 4) is 5.75 Å². The molecule has 3 N–H and O–H groups in total. The summed E-state index contributed by atoms with van der Waals surface area (Å²) in [5.41, 5.74) is 2.57. The highest BCUT2D eigenvalue weighted by Gasteiger charge is 2.34. The number of fused-ring (bicyclic) bond motifs is 3. The number of phenols is 1. The third-order valence-corrected chi connectivity index (χ3v) is 6.68. The van der Waals surface area contributed by atoms with Crippen molar-refractivity contribution in [2.45, 2.75) is 26.1 Å². The number of thiophene rings is 1. The molecular weight excluding hydrogens is 481 g/mol. The highest BCUT2D eigenvalue weighted by Crippen LogP contribution is 2.41. The minimum absolute atomic E-state index is 0.112. The number of carbonyl (C=O) groups is 2. The molecule has 1 aromatic heterocycles. The number of ether oxygens (including phenoxy) is 1. The number of carbonyl (C=O) groups excluding carboxylic acids is 2. The number of aromatic hydroxyl groups is 1. The van der Waals surface area contributed by atoms with Crippen LogP contribution in [-0.2, 0) is 17.7 Å². The average molecular weight is 499 g/mol. The quantitative estimate of drug-likeness (QED) is 0.551. The van der Waals surface area contributed by atoms with Crippen molar-refractivity contribution in [3.63, 3.8) is 0 Å². The maximum Gasteiger partial charge on any atom is 0.410 e. The minimum atomic E-state index is -0.361. The highest BCUT2D eigenvalue weighted by molar-refractivity contribution is 14.1. The number of hydrogen-bond acceptors (Lipinski definition) is 6. The lowest BCUT2D eigenvalue weighted by molar-refractivity contribution is 0.0934. The summed E-state index contributed by atoms with van der Waals surface area (Å²) in [5.74, 6) is 0.103. The number of phenolic OH excluding ortho intramolecular Hbond substituents is 1. The second-order valence-electron chi connectivity index (χ2n) is 6.34. The van der Waals surface area contributed by atoms with Crippen LogP contribution in [0.1, 0.15) is 39.5 Å². The maximum absolute atomic E-state index is 12.8. The summed E-state index contributed by atoms with van der Waals surface area (Å²) in [5, 5.41) is 16.9. The second-order valence-corrected chi connectivity index (χ2v) is 8.61. The Bertz CT molecular complexity index is 930. The zero-order chi connectivity index (χ0) is 19.1. The van der Waals surface area contributed by atoms with Crippen molar-refractivity contribution < 1.29 is 19.4 Å². The van der Waals surface area contributed by atoms with Crippen LogP contribution in [0.15, 0.2) is 18.2 Å². The van der Waals surface area contributed by atoms with Gasteiger partial charge < -0.3 is 25.4 Å². The van der Waals surface area contributed by atoms with E-state index in [4.69, 9.17) is 4.74 Å². The fourth-order valence-corrected chi connectivity index (χ4v) is 5.18. The van der Waals surface area contributed by atoms with E-state index in [1.807, 2.05) is 6.07 Å². The monoisotopic (exact) mass is 499 g/mol. The van der Waals surface area contributed by atoms with Crippen molar-refractivity contribution in [3.05, 3.63) is 43.3 Å². The number of benzene rings is 1. The molecule has 2 aliphatic heterocycles. The Morgan fingerprint density at radius 1 is 1.44 bits per heavy atom. The summed E-state index contributed by atoms with van der Waals surface area (Å²) in [6.45, 7) is 3.14. The van der Waals surface area contributed by atoms with E-state index in [0.29, 0.717) is 31.7 Å². The van der Waals surface area contributed by atoms with Crippen LogP contribution in [0.4, 0.5) is 9.80 Å². The predicted octanol–water partition coefficient (Wildman–Crippen LogP) is 3.43. The van der Waals surface area contributed by atoms with E-state index in [1.165, 1.54) is 11.3 Å². The van der Waals surface area contributed by atoms with Gasteiger partial charge in [-0.3, -0.25) is 4.79 Å². The molecule has 9 heteroatoms. The molecule has 0 aliphatic carbocycles. The number of amides is 2. The molecule has 2 aromatic rings. The zero-order valence-electron chi connectivity index (χ0n) is 14.5. The number of halogens is 1. The van der Waals surface area contributed by atoms with Crippen molar-refractivity contribution >= 4 is 50.9 Å². The van der Waals surface area contributed by atoms with Crippen LogP contribution in [0.3, 0.4) is 0 Å². The van der Waals surface area contributed by atoms with E-state index in [0.717, 1.165) is 24.6 Å². The fourth-order valence-electron chi connectivity index (χ4n) is 3.36. The van der Waals surface area contributed by atoms with E-state index in [9.17, 15) is 14.7 Å². The first-order valence-corrected chi connectivity index (χ1v) is 10.5. The van der Waals surface area contributed by atoms with Gasteiger partial charge in [0.25, 0.3) is 5.91 Å². The molecule has 0 saturated heterocycles. The van der Waals surface area contributed by atoms with Crippen molar-refractivity contribution in [1.29, 1.82) is 0 Å². The summed E-state index contributed by atoms with van der Waals surface area (Å²) in [4.78, 5) is 27.5. The van der Waals surface area contributed by atoms with Gasteiger partial charge in [0, 0.05) is 11.4 Å². The second kappa shape index (κ2) is 7.19. The molecule has 142 valence electrons. The SMILES string of the molecule is CCOC(=O)N1CCc2c(sc3c2C(=O)N[C@H](c2ccc(O)c(I)c2)N3)C1. The Hall–Kier alpha value is -2.01. The van der Waals surface area contributed by atoms with Crippen LogP contribution in [0.2, 0.25) is 0 Å². The van der Waals surface area contributed by atoms with Gasteiger partial charge in [-0.25, -0.2) is 4.79 Å². The van der Waals surface area contributed by atoms with E-state index >= 15 is 0 Å². The number of nitrogens with one attached hydrogen (secondary N) is 2. The minimum Gasteiger partial charge on any atom is -0.507 e. The van der Waals surface area contributed by atoms with Gasteiger partial charge >= 0.3 is 6.09 Å². The molecule has 0 bridgehead atoms. The molecule has 7 nitrogen and oxygen atoms in total. The van der Waals surface area contributed by atoms with E-state index in [2.05, 4.69) is 33.2 Å². The first-order valence-electron chi connectivity index (χ1n) is 8.60. The lowest BCUT2D eigenvalue weighted by Crippen LogP contribution is -2.39. The molecule has 0 unspecified atom stereocenters. The largest absolute Gasteiger partial charge is 0.507 e. The highest BCUT2D eigenvalue weighted by atomic mass is 127. The lowest BCUT2D eigenvalue weighted by Gasteiger charge is -2.28. The van der Waals surface area contributed by atoms with Crippen LogP contribution in [0.25, 0.3) is 0 Å². The molecule has 27 heavy (non-hydrogen) atoms. The Balaban J connectivity index is 1.60. The summed E-state index contributed by atoms with van der Waals surface area (Å²) < 4.78 is 5.82. The molecule has 2 amide bonds. The summed E-state index contributed by atoms with van der Waals surface area (Å²) in [6, 6.07) is 5.25. The normalized spacial score (nSPS) is 18.2. The van der Waals surface area contributed by atoms with Gasteiger partial charge in [-0.2, -0.15) is 0 Å². The molecule has 0 radical (unpaired) electrons. The molecular formula is C18H18IN3O4S. The molecule has 1 atom stereocenters. The average Bonchev–Trinajstić information content (AvgIpc) is 3.02. The fraction of sp³-hybridized carbons (Fsp3) is 0.333. The summed E-state index contributed by atoms with van der Waals surface area (Å²) in [7, 11) is 0. The third-order valence-electron chi connectivity index (χ3n) is 4.67. The van der Waals surface area contributed by atoms with Crippen LogP contribution in [0.5, 0.6) is 5.75 Å². The Kier molecular flexibility index (Phi) is 4.89. The first kappa shape index (κ1) is 18.4. The van der Waals surface area contributed by atoms with Gasteiger partial charge in [0.05, 0.1) is 22.3 Å². The standard InChI is InChI=1S/C18H18IN3O4S/c1-2-26-18(25)22-6-5-10-13(8-22)27-17-14(10)16(24)20-15(21-17)9-3-4-12(23)11(19)7-9/h3-4,7,15,21,23H,2,5-6,8H2,1H3,(H,20,24)/t15-/m0/s1. The van der Waals surface area contributed by atoms with E-state index in [1.54, 1.807) is 24.0 Å². The van der Waals surface area contributed by atoms with E-state index < -0.39 is 0 Å². The van der Waals surface area contributed by atoms with Crippen molar-refractivity contribution in [2.75, 3.05) is 18.5 Å². The smallest absolute Gasteiger partial charge is 0.410 e. The van der Waals surface area contributed by atoms with E-state index in [-0.39, 0.29) is 23.9 Å². The van der Waals surface area contributed by atoms with Crippen LogP contribution in [-0.4, -0.2) is 35.2 Å². The van der Waals surface area contributed by atoms with Crippen LogP contribution >= 0.6 is 33.9 Å². The first-order chi connectivity index (χ1) is 13.0. The molecule has 4 rings (SSSR count). The van der Waals surface area contributed by atoms with Gasteiger partial charge in [0.15, 0.2) is 0 Å². The lowest BCUT2D eigenvalue weighted by atomic mass is 10.0. The molecule has 0 saturated carbocycles. The van der Waals surface area contributed by atoms with Crippen molar-refractivity contribution in [2.24, 2.45) is 0 Å². The van der Waals surface area contributed by atoms with Gasteiger partial charge in [-0.1, -0.05) is 6.07 Å². The Morgan fingerprint density at radius 2 is 2.26 bits per heavy atom. The summed E-state index contributed by atoms with van der Waals surface area (Å²) >= 11 is 3.57. The van der Waals surface area contributed by atoms with Gasteiger partial charge in [-0.15, -0.1) is 11.3 Å². The Morgan fingerprint density at radius 3 is 3.00 bits per heavy atom. The zero-order valence-corrected chi connectivity index (χ0v) is 17.5. The van der Waals surface area contributed by atoms with Gasteiger partial charge in [0.2, 0.25) is 0 Å². The Labute approximate surface area is 173 Å². The molecule has 3 heterocycles. The number of hydrogen-bond donors (Lipinski definition) is 3. The van der Waals surface area contributed by atoms with Crippen molar-refractivity contribution in [1.82, 2.24) is 10.2 Å². The van der Waals surface area contributed by atoms with Gasteiger partial charge in [-0.05, 0) is 59.2 Å². The molecule has 1 aromatic carbocycles.